The molecule has 2 aromatic carbocycles. The summed E-state index contributed by atoms with van der Waals surface area (Å²) in [5, 5.41) is 20.6. The molecule has 5 heteroatoms. The molecule has 1 aliphatic heterocycles. The number of aryl methyl sites for hydroxylation is 1. The van der Waals surface area contributed by atoms with E-state index in [0.717, 1.165) is 31.2 Å². The van der Waals surface area contributed by atoms with Crippen molar-refractivity contribution in [3.05, 3.63) is 77.1 Å². The van der Waals surface area contributed by atoms with Crippen molar-refractivity contribution in [1.82, 2.24) is 4.90 Å². The first-order valence-electron chi connectivity index (χ1n) is 10.2. The molecule has 2 aliphatic rings. The lowest BCUT2D eigenvalue weighted by atomic mass is 9.92. The van der Waals surface area contributed by atoms with Gasteiger partial charge in [0.15, 0.2) is 11.5 Å². The van der Waals surface area contributed by atoms with Crippen molar-refractivity contribution in [1.29, 1.82) is 0 Å². The van der Waals surface area contributed by atoms with Gasteiger partial charge < -0.3 is 15.1 Å². The first kappa shape index (κ1) is 19.2. The molecule has 1 fully saturated rings. The highest BCUT2D eigenvalue weighted by Crippen LogP contribution is 2.43. The molecule has 1 amide bonds. The van der Waals surface area contributed by atoms with Crippen LogP contribution in [0.5, 0.6) is 5.75 Å². The van der Waals surface area contributed by atoms with E-state index in [0.29, 0.717) is 12.0 Å². The number of hydrogen-bond donors (Lipinski definition) is 2. The molecule has 2 aromatic rings. The Morgan fingerprint density at radius 3 is 2.41 bits per heavy atom. The molecule has 1 atom stereocenters. The van der Waals surface area contributed by atoms with Crippen LogP contribution in [0.2, 0.25) is 0 Å². The quantitative estimate of drug-likeness (QED) is 0.772. The van der Waals surface area contributed by atoms with Crippen LogP contribution in [0.4, 0.5) is 0 Å². The Hall–Kier alpha value is -3.08. The van der Waals surface area contributed by atoms with Crippen molar-refractivity contribution in [2.75, 3.05) is 0 Å². The number of phenolic OH excluding ortho intramolecular Hbond substituents is 1. The number of aliphatic hydroxyl groups is 1. The highest BCUT2D eigenvalue weighted by atomic mass is 16.3. The highest BCUT2D eigenvalue weighted by molar-refractivity contribution is 6.09. The summed E-state index contributed by atoms with van der Waals surface area (Å²) in [5.41, 5.74) is 1.84. The number of benzene rings is 2. The fourth-order valence-electron chi connectivity index (χ4n) is 4.53. The third kappa shape index (κ3) is 3.77. The number of amides is 1. The molecule has 1 saturated carbocycles. The van der Waals surface area contributed by atoms with E-state index in [-0.39, 0.29) is 29.6 Å². The van der Waals surface area contributed by atoms with Gasteiger partial charge in [0, 0.05) is 12.5 Å². The van der Waals surface area contributed by atoms with E-state index in [2.05, 4.69) is 0 Å². The van der Waals surface area contributed by atoms with Gasteiger partial charge in [0.2, 0.25) is 0 Å². The number of Topliss-reactive ketones (excluding diaryl/α,β-unsaturated/α-hetero) is 1. The van der Waals surface area contributed by atoms with Crippen LogP contribution in [0.1, 0.15) is 49.3 Å². The van der Waals surface area contributed by atoms with Crippen LogP contribution >= 0.6 is 0 Å². The first-order valence-corrected chi connectivity index (χ1v) is 10.2. The van der Waals surface area contributed by atoms with Crippen LogP contribution in [-0.4, -0.2) is 32.8 Å². The van der Waals surface area contributed by atoms with Crippen molar-refractivity contribution in [2.45, 2.75) is 50.6 Å². The SMILES string of the molecule is O=C(CCc1ccccc1)C1=C(O)C(=O)N(C2CCCC2)C1c1cccc(O)c1. The second kappa shape index (κ2) is 8.11. The van der Waals surface area contributed by atoms with E-state index in [1.165, 1.54) is 0 Å². The van der Waals surface area contributed by atoms with E-state index in [4.69, 9.17) is 0 Å². The second-order valence-corrected chi connectivity index (χ2v) is 7.82. The lowest BCUT2D eigenvalue weighted by Gasteiger charge is -2.32. The molecule has 0 radical (unpaired) electrons. The molecule has 29 heavy (non-hydrogen) atoms. The van der Waals surface area contributed by atoms with Crippen LogP contribution in [-0.2, 0) is 16.0 Å². The maximum atomic E-state index is 13.1. The standard InChI is InChI=1S/C24H25NO4/c26-19-12-6-9-17(15-19)22-21(20(27)14-13-16-7-2-1-3-8-16)23(28)24(29)25(22)18-10-4-5-11-18/h1-3,6-9,12,15,18,22,26,28H,4-5,10-11,13-14H2. The first-order chi connectivity index (χ1) is 14.1. The van der Waals surface area contributed by atoms with Gasteiger partial charge in [0.25, 0.3) is 5.91 Å². The van der Waals surface area contributed by atoms with Crippen molar-refractivity contribution < 1.29 is 19.8 Å². The number of aliphatic hydroxyl groups excluding tert-OH is 1. The summed E-state index contributed by atoms with van der Waals surface area (Å²) in [6.07, 6.45) is 4.53. The Morgan fingerprint density at radius 1 is 1.00 bits per heavy atom. The Bertz CT molecular complexity index is 944. The highest BCUT2D eigenvalue weighted by Gasteiger charge is 2.46. The summed E-state index contributed by atoms with van der Waals surface area (Å²) in [4.78, 5) is 27.8. The predicted octanol–water partition coefficient (Wildman–Crippen LogP) is 4.23. The monoisotopic (exact) mass is 391 g/mol. The summed E-state index contributed by atoms with van der Waals surface area (Å²) >= 11 is 0. The molecule has 4 rings (SSSR count). The molecule has 0 bridgehead atoms. The summed E-state index contributed by atoms with van der Waals surface area (Å²) in [6.45, 7) is 0. The van der Waals surface area contributed by atoms with Crippen LogP contribution in [0.25, 0.3) is 0 Å². The van der Waals surface area contributed by atoms with Crippen LogP contribution < -0.4 is 0 Å². The molecule has 1 unspecified atom stereocenters. The van der Waals surface area contributed by atoms with Gasteiger partial charge in [-0.1, -0.05) is 55.3 Å². The number of phenols is 1. The maximum Gasteiger partial charge on any atom is 0.290 e. The number of carbonyl (C=O) groups excluding carboxylic acids is 2. The Balaban J connectivity index is 1.67. The summed E-state index contributed by atoms with van der Waals surface area (Å²) in [5.74, 6) is -1.08. The van der Waals surface area contributed by atoms with Gasteiger partial charge in [-0.15, -0.1) is 0 Å². The van der Waals surface area contributed by atoms with Crippen molar-refractivity contribution in [2.24, 2.45) is 0 Å². The normalized spacial score (nSPS) is 19.9. The van der Waals surface area contributed by atoms with Gasteiger partial charge >= 0.3 is 0 Å². The van der Waals surface area contributed by atoms with E-state index < -0.39 is 17.7 Å². The van der Waals surface area contributed by atoms with Gasteiger partial charge in [0.05, 0.1) is 11.6 Å². The van der Waals surface area contributed by atoms with E-state index in [1.54, 1.807) is 29.2 Å². The average molecular weight is 391 g/mol. The molecule has 0 saturated heterocycles. The predicted molar refractivity (Wildman–Crippen MR) is 109 cm³/mol. The van der Waals surface area contributed by atoms with Gasteiger partial charge in [0.1, 0.15) is 5.75 Å². The maximum absolute atomic E-state index is 13.1. The third-order valence-electron chi connectivity index (χ3n) is 5.93. The van der Waals surface area contributed by atoms with E-state index >= 15 is 0 Å². The fourth-order valence-corrected chi connectivity index (χ4v) is 4.53. The van der Waals surface area contributed by atoms with Crippen molar-refractivity contribution in [3.8, 4) is 5.75 Å². The molecule has 0 aromatic heterocycles. The molecule has 1 aliphatic carbocycles. The Morgan fingerprint density at radius 2 is 1.72 bits per heavy atom. The average Bonchev–Trinajstić information content (AvgIpc) is 3.34. The molecule has 0 spiro atoms. The molecule has 150 valence electrons. The van der Waals surface area contributed by atoms with Gasteiger partial charge in [-0.25, -0.2) is 0 Å². The van der Waals surface area contributed by atoms with Crippen LogP contribution in [0.15, 0.2) is 65.9 Å². The van der Waals surface area contributed by atoms with Gasteiger partial charge in [-0.2, -0.15) is 0 Å². The summed E-state index contributed by atoms with van der Waals surface area (Å²) in [7, 11) is 0. The fraction of sp³-hybridized carbons (Fsp3) is 0.333. The number of nitrogens with zero attached hydrogens (tertiary/aromatic N) is 1. The minimum absolute atomic E-state index is 0.00331. The minimum Gasteiger partial charge on any atom is -0.508 e. The minimum atomic E-state index is -0.652. The molecule has 2 N–H and O–H groups in total. The summed E-state index contributed by atoms with van der Waals surface area (Å²) in [6, 6.07) is 15.7. The zero-order valence-electron chi connectivity index (χ0n) is 16.3. The number of aromatic hydroxyl groups is 1. The molecular weight excluding hydrogens is 366 g/mol. The topological polar surface area (TPSA) is 77.8 Å². The third-order valence-corrected chi connectivity index (χ3v) is 5.93. The Kier molecular flexibility index (Phi) is 5.38. The largest absolute Gasteiger partial charge is 0.508 e. The van der Waals surface area contributed by atoms with Gasteiger partial charge in [-0.3, -0.25) is 9.59 Å². The van der Waals surface area contributed by atoms with Crippen molar-refractivity contribution in [3.63, 3.8) is 0 Å². The van der Waals surface area contributed by atoms with E-state index in [1.807, 2.05) is 30.3 Å². The lowest BCUT2D eigenvalue weighted by molar-refractivity contribution is -0.131. The zero-order valence-corrected chi connectivity index (χ0v) is 16.3. The number of rotatable bonds is 6. The lowest BCUT2D eigenvalue weighted by Crippen LogP contribution is -2.38. The van der Waals surface area contributed by atoms with Crippen LogP contribution in [0.3, 0.4) is 0 Å². The van der Waals surface area contributed by atoms with E-state index in [9.17, 15) is 19.8 Å². The number of hydrogen-bond acceptors (Lipinski definition) is 4. The zero-order chi connectivity index (χ0) is 20.4. The molecule has 1 heterocycles. The number of ketones is 1. The van der Waals surface area contributed by atoms with Crippen molar-refractivity contribution >= 4 is 11.7 Å². The van der Waals surface area contributed by atoms with Crippen LogP contribution in [0, 0.1) is 0 Å². The smallest absolute Gasteiger partial charge is 0.290 e. The van der Waals surface area contributed by atoms with Gasteiger partial charge in [-0.05, 0) is 42.5 Å². The summed E-state index contributed by atoms with van der Waals surface area (Å²) < 4.78 is 0. The number of carbonyl (C=O) groups is 2. The molecular formula is C24H25NO4. The molecule has 5 nitrogen and oxygen atoms in total. The second-order valence-electron chi connectivity index (χ2n) is 7.82. The Labute approximate surface area is 170 Å².